The molecule has 0 unspecified atom stereocenters. The van der Waals surface area contributed by atoms with Gasteiger partial charge in [-0.25, -0.2) is 0 Å². The zero-order valence-electron chi connectivity index (χ0n) is 14.2. The quantitative estimate of drug-likeness (QED) is 0.776. The van der Waals surface area contributed by atoms with Crippen molar-refractivity contribution in [3.63, 3.8) is 0 Å². The Morgan fingerprint density at radius 1 is 0.905 bits per heavy atom. The second-order valence-corrected chi connectivity index (χ2v) is 7.64. The second-order valence-electron chi connectivity index (χ2n) is 7.64. The van der Waals surface area contributed by atoms with E-state index in [1.165, 1.54) is 11.1 Å². The second kappa shape index (κ2) is 5.21. The molecule has 21 heavy (non-hydrogen) atoms. The van der Waals surface area contributed by atoms with Crippen molar-refractivity contribution in [3.8, 4) is 11.3 Å². The first-order valence-electron chi connectivity index (χ1n) is 7.41. The Kier molecular flexibility index (Phi) is 3.87. The highest BCUT2D eigenvalue weighted by atomic mass is 15.1. The highest BCUT2D eigenvalue weighted by molar-refractivity contribution is 5.64. The van der Waals surface area contributed by atoms with Gasteiger partial charge >= 0.3 is 0 Å². The smallest absolute Gasteiger partial charge is 0.0977 e. The summed E-state index contributed by atoms with van der Waals surface area (Å²) < 4.78 is 0. The molecule has 0 aromatic carbocycles. The predicted octanol–water partition coefficient (Wildman–Crippen LogP) is 4.44. The number of pyridine rings is 1. The molecule has 2 rings (SSSR count). The van der Waals surface area contributed by atoms with Crippen molar-refractivity contribution in [2.24, 2.45) is 0 Å². The van der Waals surface area contributed by atoms with Gasteiger partial charge in [0.2, 0.25) is 0 Å². The molecular formula is C18H25N3. The fraction of sp³-hybridized carbons (Fsp3) is 0.500. The van der Waals surface area contributed by atoms with Gasteiger partial charge in [-0.3, -0.25) is 4.98 Å². The molecule has 2 heterocycles. The number of hydrogen-bond acceptors (Lipinski definition) is 3. The zero-order valence-corrected chi connectivity index (χ0v) is 14.2. The number of rotatable bonds is 1. The molecule has 0 spiro atoms. The molecule has 0 aliphatic heterocycles. The molecule has 0 amide bonds. The molecule has 0 atom stereocenters. The molecule has 2 aromatic heterocycles. The first kappa shape index (κ1) is 15.6. The molecule has 0 saturated carbocycles. The minimum Gasteiger partial charge on any atom is -0.264 e. The van der Waals surface area contributed by atoms with Crippen LogP contribution in [0.1, 0.15) is 58.4 Å². The molecule has 112 valence electrons. The Hall–Kier alpha value is -1.77. The lowest BCUT2D eigenvalue weighted by Crippen LogP contribution is -2.26. The van der Waals surface area contributed by atoms with E-state index in [4.69, 9.17) is 0 Å². The number of aromatic nitrogens is 3. The van der Waals surface area contributed by atoms with Gasteiger partial charge in [0.05, 0.1) is 11.4 Å². The van der Waals surface area contributed by atoms with E-state index in [-0.39, 0.29) is 10.8 Å². The van der Waals surface area contributed by atoms with Crippen molar-refractivity contribution in [1.29, 1.82) is 0 Å². The Bertz CT molecular complexity index is 632. The lowest BCUT2D eigenvalue weighted by Gasteiger charge is -2.30. The molecule has 0 N–H and O–H groups in total. The first-order valence-corrected chi connectivity index (χ1v) is 7.41. The molecule has 0 aliphatic rings. The van der Waals surface area contributed by atoms with Gasteiger partial charge in [0.1, 0.15) is 0 Å². The van der Waals surface area contributed by atoms with Gasteiger partial charge in [0, 0.05) is 23.4 Å². The van der Waals surface area contributed by atoms with Crippen LogP contribution in [0.5, 0.6) is 0 Å². The topological polar surface area (TPSA) is 38.7 Å². The van der Waals surface area contributed by atoms with E-state index in [9.17, 15) is 0 Å². The predicted molar refractivity (Wildman–Crippen MR) is 87.4 cm³/mol. The lowest BCUT2D eigenvalue weighted by atomic mass is 9.76. The highest BCUT2D eigenvalue weighted by Gasteiger charge is 2.30. The summed E-state index contributed by atoms with van der Waals surface area (Å²) >= 11 is 0. The molecule has 0 radical (unpaired) electrons. The van der Waals surface area contributed by atoms with Crippen molar-refractivity contribution in [2.75, 3.05) is 0 Å². The van der Waals surface area contributed by atoms with Gasteiger partial charge in [-0.15, -0.1) is 5.10 Å². The number of hydrogen-bond donors (Lipinski definition) is 0. The molecule has 2 aromatic rings. The Morgan fingerprint density at radius 3 is 2.05 bits per heavy atom. The fourth-order valence-corrected chi connectivity index (χ4v) is 2.74. The summed E-state index contributed by atoms with van der Waals surface area (Å²) in [6.45, 7) is 15.4. The van der Waals surface area contributed by atoms with Crippen LogP contribution in [0.4, 0.5) is 0 Å². The van der Waals surface area contributed by atoms with Crippen molar-refractivity contribution in [1.82, 2.24) is 15.2 Å². The lowest BCUT2D eigenvalue weighted by molar-refractivity contribution is 0.503. The standard InChI is InChI=1S/C18H25N3/c1-12-14(17(2,3)4)16(18(5,6)7)21-20-15(12)13-9-8-10-19-11-13/h8-11H,1-7H3. The van der Waals surface area contributed by atoms with Crippen LogP contribution in [-0.2, 0) is 10.8 Å². The largest absolute Gasteiger partial charge is 0.264 e. The van der Waals surface area contributed by atoms with E-state index in [1.54, 1.807) is 6.20 Å². The molecule has 0 fully saturated rings. The van der Waals surface area contributed by atoms with Crippen LogP contribution in [0.2, 0.25) is 0 Å². The van der Waals surface area contributed by atoms with Crippen LogP contribution in [0.15, 0.2) is 24.5 Å². The van der Waals surface area contributed by atoms with Crippen molar-refractivity contribution < 1.29 is 0 Å². The fourth-order valence-electron chi connectivity index (χ4n) is 2.74. The Balaban J connectivity index is 2.75. The van der Waals surface area contributed by atoms with E-state index in [0.29, 0.717) is 0 Å². The SMILES string of the molecule is Cc1c(-c2cccnc2)nnc(C(C)(C)C)c1C(C)(C)C. The van der Waals surface area contributed by atoms with E-state index < -0.39 is 0 Å². The molecule has 0 aliphatic carbocycles. The Morgan fingerprint density at radius 2 is 1.57 bits per heavy atom. The van der Waals surface area contributed by atoms with E-state index in [0.717, 1.165) is 17.0 Å². The minimum absolute atomic E-state index is 0.0200. The minimum atomic E-state index is -0.0200. The van der Waals surface area contributed by atoms with Crippen LogP contribution < -0.4 is 0 Å². The van der Waals surface area contributed by atoms with Gasteiger partial charge in [0.25, 0.3) is 0 Å². The number of nitrogens with zero attached hydrogens (tertiary/aromatic N) is 3. The summed E-state index contributed by atoms with van der Waals surface area (Å²) in [7, 11) is 0. The maximum Gasteiger partial charge on any atom is 0.0977 e. The van der Waals surface area contributed by atoms with Crippen LogP contribution in [-0.4, -0.2) is 15.2 Å². The molecule has 0 saturated heterocycles. The summed E-state index contributed by atoms with van der Waals surface area (Å²) in [6.07, 6.45) is 3.63. The highest BCUT2D eigenvalue weighted by Crippen LogP contribution is 2.37. The molecule has 3 nitrogen and oxygen atoms in total. The van der Waals surface area contributed by atoms with Crippen LogP contribution in [0, 0.1) is 6.92 Å². The monoisotopic (exact) mass is 283 g/mol. The maximum atomic E-state index is 4.58. The normalized spacial score (nSPS) is 12.5. The zero-order chi connectivity index (χ0) is 15.8. The summed E-state index contributed by atoms with van der Waals surface area (Å²) in [4.78, 5) is 4.20. The van der Waals surface area contributed by atoms with E-state index in [2.05, 4.69) is 63.6 Å². The van der Waals surface area contributed by atoms with Gasteiger partial charge in [0.15, 0.2) is 0 Å². The van der Waals surface area contributed by atoms with Gasteiger partial charge in [-0.1, -0.05) is 41.5 Å². The Labute approximate surface area is 127 Å². The van der Waals surface area contributed by atoms with E-state index in [1.807, 2.05) is 18.3 Å². The molecule has 3 heteroatoms. The maximum absolute atomic E-state index is 4.58. The third-order valence-electron chi connectivity index (χ3n) is 3.61. The molecular weight excluding hydrogens is 258 g/mol. The van der Waals surface area contributed by atoms with E-state index >= 15 is 0 Å². The van der Waals surface area contributed by atoms with Gasteiger partial charge in [-0.05, 0) is 35.6 Å². The van der Waals surface area contributed by atoms with Gasteiger partial charge in [-0.2, -0.15) is 5.10 Å². The average molecular weight is 283 g/mol. The van der Waals surface area contributed by atoms with Crippen molar-refractivity contribution >= 4 is 0 Å². The van der Waals surface area contributed by atoms with Gasteiger partial charge < -0.3 is 0 Å². The van der Waals surface area contributed by atoms with Crippen LogP contribution >= 0.6 is 0 Å². The average Bonchev–Trinajstić information content (AvgIpc) is 2.36. The van der Waals surface area contributed by atoms with Crippen LogP contribution in [0.25, 0.3) is 11.3 Å². The summed E-state index contributed by atoms with van der Waals surface area (Å²) in [5.74, 6) is 0. The summed E-state index contributed by atoms with van der Waals surface area (Å²) in [6, 6.07) is 3.97. The summed E-state index contributed by atoms with van der Waals surface area (Å²) in [5.41, 5.74) is 5.54. The van der Waals surface area contributed by atoms with Crippen LogP contribution in [0.3, 0.4) is 0 Å². The first-order chi connectivity index (χ1) is 9.62. The third kappa shape index (κ3) is 3.12. The summed E-state index contributed by atoms with van der Waals surface area (Å²) in [5, 5.41) is 9.07. The third-order valence-corrected chi connectivity index (χ3v) is 3.61. The molecule has 0 bridgehead atoms. The van der Waals surface area contributed by atoms with Crippen molar-refractivity contribution in [3.05, 3.63) is 41.3 Å². The van der Waals surface area contributed by atoms with Crippen molar-refractivity contribution in [2.45, 2.75) is 59.3 Å².